The maximum Gasteiger partial charge on any atom is 0.255 e. The Kier molecular flexibility index (Phi) is 3.76. The van der Waals surface area contributed by atoms with Crippen molar-refractivity contribution in [2.24, 2.45) is 0 Å². The van der Waals surface area contributed by atoms with Crippen LogP contribution in [0.1, 0.15) is 35.0 Å². The first kappa shape index (κ1) is 15.4. The number of amides is 1. The van der Waals surface area contributed by atoms with Crippen molar-refractivity contribution in [1.82, 2.24) is 10.1 Å². The molecule has 1 fully saturated rings. The molecular formula is C18H13F2N3O2. The summed E-state index contributed by atoms with van der Waals surface area (Å²) in [5.41, 5.74) is 0.809. The lowest BCUT2D eigenvalue weighted by Gasteiger charge is -2.07. The van der Waals surface area contributed by atoms with Gasteiger partial charge in [-0.25, -0.2) is 8.78 Å². The highest BCUT2D eigenvalue weighted by molar-refractivity contribution is 6.04. The number of aromatic nitrogens is 2. The molecule has 0 bridgehead atoms. The summed E-state index contributed by atoms with van der Waals surface area (Å²) in [6.45, 7) is 0. The minimum absolute atomic E-state index is 0.207. The zero-order valence-corrected chi connectivity index (χ0v) is 13.0. The Morgan fingerprint density at radius 3 is 2.60 bits per heavy atom. The first-order valence-corrected chi connectivity index (χ1v) is 7.80. The highest BCUT2D eigenvalue weighted by Gasteiger charge is 2.29. The number of carbonyl (C=O) groups is 1. The summed E-state index contributed by atoms with van der Waals surface area (Å²) in [4.78, 5) is 16.5. The topological polar surface area (TPSA) is 68.0 Å². The fourth-order valence-corrected chi connectivity index (χ4v) is 2.41. The van der Waals surface area contributed by atoms with Crippen LogP contribution in [0.5, 0.6) is 0 Å². The number of rotatable bonds is 4. The Morgan fingerprint density at radius 2 is 1.88 bits per heavy atom. The molecule has 0 atom stereocenters. The van der Waals surface area contributed by atoms with Crippen LogP contribution in [0.4, 0.5) is 14.5 Å². The number of anilines is 1. The Balaban J connectivity index is 1.50. The van der Waals surface area contributed by atoms with E-state index in [1.54, 1.807) is 24.3 Å². The van der Waals surface area contributed by atoms with Crippen LogP contribution in [0.3, 0.4) is 0 Å². The maximum absolute atomic E-state index is 13.6. The van der Waals surface area contributed by atoms with Gasteiger partial charge in [0.15, 0.2) is 0 Å². The van der Waals surface area contributed by atoms with Crippen LogP contribution in [-0.4, -0.2) is 16.0 Å². The molecule has 5 nitrogen and oxygen atoms in total. The van der Waals surface area contributed by atoms with Gasteiger partial charge in [-0.2, -0.15) is 4.98 Å². The third-order valence-corrected chi connectivity index (χ3v) is 3.95. The van der Waals surface area contributed by atoms with Crippen molar-refractivity contribution in [3.8, 4) is 11.4 Å². The summed E-state index contributed by atoms with van der Waals surface area (Å²) in [5.74, 6) is -0.403. The van der Waals surface area contributed by atoms with Crippen molar-refractivity contribution in [3.05, 3.63) is 65.6 Å². The molecule has 25 heavy (non-hydrogen) atoms. The van der Waals surface area contributed by atoms with Crippen LogP contribution in [0.15, 0.2) is 47.0 Å². The van der Waals surface area contributed by atoms with Gasteiger partial charge in [-0.1, -0.05) is 17.3 Å². The monoisotopic (exact) mass is 341 g/mol. The van der Waals surface area contributed by atoms with Gasteiger partial charge in [0.2, 0.25) is 11.7 Å². The van der Waals surface area contributed by atoms with Crippen LogP contribution in [0.2, 0.25) is 0 Å². The molecule has 0 saturated heterocycles. The third kappa shape index (κ3) is 3.26. The molecule has 1 N–H and O–H groups in total. The number of hydrogen-bond donors (Lipinski definition) is 1. The molecule has 1 amide bonds. The number of benzene rings is 2. The molecule has 7 heteroatoms. The number of nitrogens with one attached hydrogen (secondary N) is 1. The second-order valence-corrected chi connectivity index (χ2v) is 5.89. The molecule has 126 valence electrons. The van der Waals surface area contributed by atoms with Gasteiger partial charge >= 0.3 is 0 Å². The molecule has 1 aliphatic rings. The molecule has 1 aliphatic carbocycles. The van der Waals surface area contributed by atoms with Gasteiger partial charge in [0.1, 0.15) is 11.6 Å². The molecular weight excluding hydrogens is 328 g/mol. The fourth-order valence-electron chi connectivity index (χ4n) is 2.41. The maximum atomic E-state index is 13.6. The Labute approximate surface area is 141 Å². The minimum atomic E-state index is -0.703. The SMILES string of the molecule is O=C(Nc1cc(F)ccc1F)c1ccc(-c2noc(C3CC3)n2)cc1. The van der Waals surface area contributed by atoms with Crippen LogP contribution < -0.4 is 5.32 Å². The van der Waals surface area contributed by atoms with Crippen LogP contribution in [0.25, 0.3) is 11.4 Å². The largest absolute Gasteiger partial charge is 0.339 e. The normalized spacial score (nSPS) is 13.7. The van der Waals surface area contributed by atoms with Gasteiger partial charge in [-0.05, 0) is 37.1 Å². The van der Waals surface area contributed by atoms with Gasteiger partial charge in [-0.3, -0.25) is 4.79 Å². The van der Waals surface area contributed by atoms with Crippen LogP contribution >= 0.6 is 0 Å². The van der Waals surface area contributed by atoms with Crippen molar-refractivity contribution in [1.29, 1.82) is 0 Å². The smallest absolute Gasteiger partial charge is 0.255 e. The van der Waals surface area contributed by atoms with Crippen molar-refractivity contribution < 1.29 is 18.1 Å². The second-order valence-electron chi connectivity index (χ2n) is 5.89. The van der Waals surface area contributed by atoms with E-state index in [4.69, 9.17) is 4.52 Å². The van der Waals surface area contributed by atoms with E-state index >= 15 is 0 Å². The lowest BCUT2D eigenvalue weighted by molar-refractivity contribution is 0.102. The molecule has 0 radical (unpaired) electrons. The third-order valence-electron chi connectivity index (χ3n) is 3.95. The minimum Gasteiger partial charge on any atom is -0.339 e. The predicted octanol–water partition coefficient (Wildman–Crippen LogP) is 4.14. The Morgan fingerprint density at radius 1 is 1.12 bits per heavy atom. The van der Waals surface area contributed by atoms with Crippen molar-refractivity contribution in [2.75, 3.05) is 5.32 Å². The predicted molar refractivity (Wildman–Crippen MR) is 86.0 cm³/mol. The summed E-state index contributed by atoms with van der Waals surface area (Å²) in [5, 5.41) is 6.28. The van der Waals surface area contributed by atoms with Gasteiger partial charge in [0.25, 0.3) is 5.91 Å². The van der Waals surface area contributed by atoms with Gasteiger partial charge in [0.05, 0.1) is 5.69 Å². The molecule has 1 saturated carbocycles. The van der Waals surface area contributed by atoms with Crippen LogP contribution in [-0.2, 0) is 0 Å². The molecule has 1 aromatic heterocycles. The quantitative estimate of drug-likeness (QED) is 0.774. The number of nitrogens with zero attached hydrogens (tertiary/aromatic N) is 2. The summed E-state index contributed by atoms with van der Waals surface area (Å²) < 4.78 is 32.0. The number of carbonyl (C=O) groups excluding carboxylic acids is 1. The zero-order chi connectivity index (χ0) is 17.4. The first-order valence-electron chi connectivity index (χ1n) is 7.80. The van der Waals surface area contributed by atoms with E-state index < -0.39 is 17.5 Å². The van der Waals surface area contributed by atoms with Crippen LogP contribution in [0, 0.1) is 11.6 Å². The Hall–Kier alpha value is -3.09. The molecule has 1 heterocycles. The fraction of sp³-hybridized carbons (Fsp3) is 0.167. The Bertz CT molecular complexity index is 934. The highest BCUT2D eigenvalue weighted by Crippen LogP contribution is 2.39. The van der Waals surface area contributed by atoms with Gasteiger partial charge < -0.3 is 9.84 Å². The van der Waals surface area contributed by atoms with Crippen molar-refractivity contribution in [3.63, 3.8) is 0 Å². The standard InChI is InChI=1S/C18H13F2N3O2/c19-13-7-8-14(20)15(9-13)21-17(24)11-3-1-10(2-4-11)16-22-18(25-23-16)12-5-6-12/h1-4,7-9,12H,5-6H2,(H,21,24). The summed E-state index contributed by atoms with van der Waals surface area (Å²) in [6.07, 6.45) is 2.13. The van der Waals surface area contributed by atoms with E-state index in [2.05, 4.69) is 15.5 Å². The zero-order valence-electron chi connectivity index (χ0n) is 13.0. The molecule has 0 unspecified atom stereocenters. The van der Waals surface area contributed by atoms with E-state index in [0.717, 1.165) is 31.0 Å². The number of halogens is 2. The highest BCUT2D eigenvalue weighted by atomic mass is 19.1. The summed E-state index contributed by atoms with van der Waals surface area (Å²) >= 11 is 0. The molecule has 0 aliphatic heterocycles. The van der Waals surface area contributed by atoms with Gasteiger partial charge in [0, 0.05) is 23.1 Å². The average molecular weight is 341 g/mol. The first-order chi connectivity index (χ1) is 12.1. The lowest BCUT2D eigenvalue weighted by Crippen LogP contribution is -2.13. The number of hydrogen-bond acceptors (Lipinski definition) is 4. The molecule has 2 aromatic carbocycles. The van der Waals surface area contributed by atoms with Gasteiger partial charge in [-0.15, -0.1) is 0 Å². The molecule has 4 rings (SSSR count). The second kappa shape index (κ2) is 6.08. The van der Waals surface area contributed by atoms with Crippen molar-refractivity contribution in [2.45, 2.75) is 18.8 Å². The van der Waals surface area contributed by atoms with Crippen molar-refractivity contribution >= 4 is 11.6 Å². The molecule has 3 aromatic rings. The van der Waals surface area contributed by atoms with E-state index in [-0.39, 0.29) is 5.69 Å². The van der Waals surface area contributed by atoms with E-state index in [0.29, 0.717) is 28.8 Å². The molecule has 0 spiro atoms. The summed E-state index contributed by atoms with van der Waals surface area (Å²) in [6, 6.07) is 9.36. The van der Waals surface area contributed by atoms with E-state index in [9.17, 15) is 13.6 Å². The van der Waals surface area contributed by atoms with E-state index in [1.165, 1.54) is 0 Å². The average Bonchev–Trinajstić information content (AvgIpc) is 3.35. The van der Waals surface area contributed by atoms with E-state index in [1.807, 2.05) is 0 Å². The summed E-state index contributed by atoms with van der Waals surface area (Å²) in [7, 11) is 0. The lowest BCUT2D eigenvalue weighted by atomic mass is 10.1.